The number of hydrogen-bond donors (Lipinski definition) is 1. The van der Waals surface area contributed by atoms with Crippen LogP contribution < -0.4 is 14.8 Å². The second-order valence-corrected chi connectivity index (χ2v) is 5.61. The van der Waals surface area contributed by atoms with Gasteiger partial charge in [-0.05, 0) is 30.2 Å². The summed E-state index contributed by atoms with van der Waals surface area (Å²) < 4.78 is 24.1. The molecule has 5 heteroatoms. The van der Waals surface area contributed by atoms with Crippen LogP contribution in [-0.2, 0) is 13.1 Å². The fraction of sp³-hybridized carbons (Fsp3) is 0.333. The minimum atomic E-state index is -0.233. The van der Waals surface area contributed by atoms with Crippen LogP contribution in [0.15, 0.2) is 36.4 Å². The normalized spacial score (nSPS) is 10.6. The Morgan fingerprint density at radius 1 is 1.13 bits per heavy atom. The monoisotopic (exact) mass is 337 g/mol. The van der Waals surface area contributed by atoms with E-state index in [0.29, 0.717) is 36.2 Å². The Balaban J connectivity index is 2.07. The minimum absolute atomic E-state index is 0.233. The number of ether oxygens (including phenoxy) is 2. The van der Waals surface area contributed by atoms with Gasteiger partial charge < -0.3 is 14.8 Å². The molecule has 0 bridgehead atoms. The maximum absolute atomic E-state index is 12.9. The molecular weight excluding hydrogens is 317 g/mol. The fourth-order valence-electron chi connectivity index (χ4n) is 2.22. The van der Waals surface area contributed by atoms with Gasteiger partial charge in [0.15, 0.2) is 11.5 Å². The zero-order valence-corrected chi connectivity index (χ0v) is 14.1. The Kier molecular flexibility index (Phi) is 6.68. The van der Waals surface area contributed by atoms with E-state index in [2.05, 4.69) is 12.2 Å². The summed E-state index contributed by atoms with van der Waals surface area (Å²) in [5, 5.41) is 3.92. The van der Waals surface area contributed by atoms with Crippen molar-refractivity contribution in [2.45, 2.75) is 26.4 Å². The molecule has 0 atom stereocenters. The molecule has 0 saturated carbocycles. The standard InChI is InChI=1S/C18H21ClFNO2/c1-3-8-23-18-14(9-15(19)10-17(18)22-2)12-21-11-13-4-6-16(20)7-5-13/h4-7,9-10,21H,3,8,11-12H2,1-2H3. The first-order valence-corrected chi connectivity index (χ1v) is 7.96. The lowest BCUT2D eigenvalue weighted by Crippen LogP contribution is -2.14. The van der Waals surface area contributed by atoms with Crippen molar-refractivity contribution < 1.29 is 13.9 Å². The largest absolute Gasteiger partial charge is 0.493 e. The zero-order chi connectivity index (χ0) is 16.7. The second-order valence-electron chi connectivity index (χ2n) is 5.17. The molecule has 0 fully saturated rings. The van der Waals surface area contributed by atoms with E-state index in [1.54, 1.807) is 25.3 Å². The van der Waals surface area contributed by atoms with Crippen LogP contribution in [0.2, 0.25) is 5.02 Å². The zero-order valence-electron chi connectivity index (χ0n) is 13.4. The summed E-state index contributed by atoms with van der Waals surface area (Å²) in [7, 11) is 1.60. The number of rotatable bonds is 8. The van der Waals surface area contributed by atoms with Crippen molar-refractivity contribution in [3.8, 4) is 11.5 Å². The summed E-state index contributed by atoms with van der Waals surface area (Å²) in [6, 6.07) is 10.0. The average Bonchev–Trinajstić information content (AvgIpc) is 2.55. The van der Waals surface area contributed by atoms with E-state index in [-0.39, 0.29) is 5.82 Å². The van der Waals surface area contributed by atoms with Gasteiger partial charge in [-0.3, -0.25) is 0 Å². The first kappa shape index (κ1) is 17.6. The third-order valence-corrected chi connectivity index (χ3v) is 3.54. The summed E-state index contributed by atoms with van der Waals surface area (Å²) in [6.07, 6.45) is 0.911. The van der Waals surface area contributed by atoms with Crippen molar-refractivity contribution in [2.24, 2.45) is 0 Å². The molecule has 2 aromatic carbocycles. The summed E-state index contributed by atoms with van der Waals surface area (Å²) in [5.41, 5.74) is 1.95. The van der Waals surface area contributed by atoms with Crippen LogP contribution in [0.3, 0.4) is 0 Å². The lowest BCUT2D eigenvalue weighted by Gasteiger charge is -2.16. The van der Waals surface area contributed by atoms with Crippen LogP contribution in [0.4, 0.5) is 4.39 Å². The molecule has 0 unspecified atom stereocenters. The summed E-state index contributed by atoms with van der Waals surface area (Å²) in [4.78, 5) is 0. The molecule has 0 aliphatic rings. The fourth-order valence-corrected chi connectivity index (χ4v) is 2.45. The smallest absolute Gasteiger partial charge is 0.165 e. The van der Waals surface area contributed by atoms with Crippen molar-refractivity contribution in [1.29, 1.82) is 0 Å². The van der Waals surface area contributed by atoms with Gasteiger partial charge in [-0.2, -0.15) is 0 Å². The van der Waals surface area contributed by atoms with E-state index in [1.807, 2.05) is 6.07 Å². The van der Waals surface area contributed by atoms with E-state index < -0.39 is 0 Å². The Labute approximate surface area is 141 Å². The van der Waals surface area contributed by atoms with Crippen molar-refractivity contribution in [3.63, 3.8) is 0 Å². The van der Waals surface area contributed by atoms with E-state index in [0.717, 1.165) is 17.5 Å². The first-order valence-electron chi connectivity index (χ1n) is 7.58. The Bertz CT molecular complexity index is 632. The first-order chi connectivity index (χ1) is 11.1. The van der Waals surface area contributed by atoms with E-state index in [4.69, 9.17) is 21.1 Å². The molecule has 0 radical (unpaired) electrons. The molecule has 3 nitrogen and oxygen atoms in total. The topological polar surface area (TPSA) is 30.5 Å². The predicted molar refractivity (Wildman–Crippen MR) is 90.7 cm³/mol. The lowest BCUT2D eigenvalue weighted by molar-refractivity contribution is 0.290. The van der Waals surface area contributed by atoms with Crippen LogP contribution in [0, 0.1) is 5.82 Å². The summed E-state index contributed by atoms with van der Waals surface area (Å²) >= 11 is 6.14. The van der Waals surface area contributed by atoms with Gasteiger partial charge in [0.05, 0.1) is 13.7 Å². The highest BCUT2D eigenvalue weighted by Crippen LogP contribution is 2.34. The molecular formula is C18H21ClFNO2. The maximum Gasteiger partial charge on any atom is 0.165 e. The van der Waals surface area contributed by atoms with Crippen LogP contribution >= 0.6 is 11.6 Å². The SMILES string of the molecule is CCCOc1c(CNCc2ccc(F)cc2)cc(Cl)cc1OC. The van der Waals surface area contributed by atoms with E-state index in [9.17, 15) is 4.39 Å². The molecule has 0 aliphatic carbocycles. The molecule has 0 spiro atoms. The number of nitrogens with one attached hydrogen (secondary N) is 1. The highest BCUT2D eigenvalue weighted by atomic mass is 35.5. The van der Waals surface area contributed by atoms with Crippen LogP contribution in [0.5, 0.6) is 11.5 Å². The third-order valence-electron chi connectivity index (χ3n) is 3.32. The number of halogens is 2. The highest BCUT2D eigenvalue weighted by Gasteiger charge is 2.12. The van der Waals surface area contributed by atoms with Crippen molar-refractivity contribution in [1.82, 2.24) is 5.32 Å². The summed E-state index contributed by atoms with van der Waals surface area (Å²) in [5.74, 6) is 1.11. The number of benzene rings is 2. The quantitative estimate of drug-likeness (QED) is 0.765. The molecule has 1 N–H and O–H groups in total. The van der Waals surface area contributed by atoms with Gasteiger partial charge >= 0.3 is 0 Å². The number of hydrogen-bond acceptors (Lipinski definition) is 3. The molecule has 124 valence electrons. The van der Waals surface area contributed by atoms with Crippen molar-refractivity contribution in [3.05, 3.63) is 58.4 Å². The molecule has 23 heavy (non-hydrogen) atoms. The molecule has 2 aromatic rings. The van der Waals surface area contributed by atoms with Crippen molar-refractivity contribution in [2.75, 3.05) is 13.7 Å². The van der Waals surface area contributed by atoms with Crippen LogP contribution in [0.1, 0.15) is 24.5 Å². The van der Waals surface area contributed by atoms with Gasteiger partial charge in [0.2, 0.25) is 0 Å². The molecule has 0 saturated heterocycles. The van der Waals surface area contributed by atoms with Gasteiger partial charge in [0.25, 0.3) is 0 Å². The highest BCUT2D eigenvalue weighted by molar-refractivity contribution is 6.30. The average molecular weight is 338 g/mol. The molecule has 0 aliphatic heterocycles. The van der Waals surface area contributed by atoms with E-state index >= 15 is 0 Å². The van der Waals surface area contributed by atoms with Gasteiger partial charge in [0, 0.05) is 29.7 Å². The predicted octanol–water partition coefficient (Wildman–Crippen LogP) is 4.57. The van der Waals surface area contributed by atoms with Gasteiger partial charge in [-0.15, -0.1) is 0 Å². The lowest BCUT2D eigenvalue weighted by atomic mass is 10.1. The molecule has 0 aromatic heterocycles. The minimum Gasteiger partial charge on any atom is -0.493 e. The molecule has 0 heterocycles. The second kappa shape index (κ2) is 8.75. The Morgan fingerprint density at radius 3 is 2.52 bits per heavy atom. The summed E-state index contributed by atoms with van der Waals surface area (Å²) in [6.45, 7) is 3.87. The maximum atomic E-state index is 12.9. The van der Waals surface area contributed by atoms with Crippen LogP contribution in [-0.4, -0.2) is 13.7 Å². The Hall–Kier alpha value is -1.78. The molecule has 2 rings (SSSR count). The van der Waals surface area contributed by atoms with Gasteiger partial charge in [-0.1, -0.05) is 30.7 Å². The van der Waals surface area contributed by atoms with Gasteiger partial charge in [0.1, 0.15) is 5.82 Å². The Morgan fingerprint density at radius 2 is 1.87 bits per heavy atom. The number of methoxy groups -OCH3 is 1. The van der Waals surface area contributed by atoms with Crippen molar-refractivity contribution >= 4 is 11.6 Å². The molecule has 0 amide bonds. The van der Waals surface area contributed by atoms with Crippen LogP contribution in [0.25, 0.3) is 0 Å². The van der Waals surface area contributed by atoms with Gasteiger partial charge in [-0.25, -0.2) is 4.39 Å². The third kappa shape index (κ3) is 5.12. The van der Waals surface area contributed by atoms with E-state index in [1.165, 1.54) is 12.1 Å².